The molecule has 2 aromatic carbocycles. The van der Waals surface area contributed by atoms with Gasteiger partial charge in [0.05, 0.1) is 6.61 Å². The summed E-state index contributed by atoms with van der Waals surface area (Å²) in [6.45, 7) is 1.76. The fraction of sp³-hybridized carbons (Fsp3) is 0.118. The van der Waals surface area contributed by atoms with E-state index >= 15 is 0 Å². The van der Waals surface area contributed by atoms with Crippen LogP contribution >= 0.6 is 0 Å². The zero-order chi connectivity index (χ0) is 14.8. The number of fused-ring (bicyclic) bond motifs is 1. The van der Waals surface area contributed by atoms with Crippen molar-refractivity contribution in [1.29, 1.82) is 0 Å². The van der Waals surface area contributed by atoms with Crippen molar-refractivity contribution in [3.8, 4) is 11.6 Å². The van der Waals surface area contributed by atoms with Gasteiger partial charge >= 0.3 is 0 Å². The summed E-state index contributed by atoms with van der Waals surface area (Å²) < 4.78 is 19.1. The minimum atomic E-state index is -0.355. The highest BCUT2D eigenvalue weighted by molar-refractivity contribution is 5.89. The molecule has 0 radical (unpaired) electrons. The van der Waals surface area contributed by atoms with Crippen molar-refractivity contribution in [3.63, 3.8) is 0 Å². The van der Waals surface area contributed by atoms with Crippen LogP contribution in [0.2, 0.25) is 0 Å². The topological polar surface area (TPSA) is 42.4 Å². The molecule has 3 nitrogen and oxygen atoms in total. The Morgan fingerprint density at radius 2 is 1.90 bits per heavy atom. The van der Waals surface area contributed by atoms with Crippen LogP contribution in [0.25, 0.3) is 10.8 Å². The zero-order valence-corrected chi connectivity index (χ0v) is 11.5. The number of pyridine rings is 1. The Kier molecular flexibility index (Phi) is 3.54. The Morgan fingerprint density at radius 1 is 1.14 bits per heavy atom. The number of hydrogen-bond acceptors (Lipinski definition) is 3. The number of aliphatic hydroxyl groups excluding tert-OH is 1. The van der Waals surface area contributed by atoms with E-state index in [-0.39, 0.29) is 12.4 Å². The van der Waals surface area contributed by atoms with Gasteiger partial charge in [0.15, 0.2) is 0 Å². The molecular formula is C17H14FNO2. The summed E-state index contributed by atoms with van der Waals surface area (Å²) in [5.74, 6) is 0.479. The number of ether oxygens (including phenoxy) is 1. The van der Waals surface area contributed by atoms with Crippen molar-refractivity contribution in [2.24, 2.45) is 0 Å². The SMILES string of the molecule is Cc1ccc(F)cc1Oc1ncc(CO)c2ccccc12. The van der Waals surface area contributed by atoms with Gasteiger partial charge in [-0.2, -0.15) is 0 Å². The molecule has 0 amide bonds. The Morgan fingerprint density at radius 3 is 2.67 bits per heavy atom. The lowest BCUT2D eigenvalue weighted by molar-refractivity contribution is 0.282. The predicted octanol–water partition coefficient (Wildman–Crippen LogP) is 3.97. The molecule has 0 unspecified atom stereocenters. The van der Waals surface area contributed by atoms with Crippen LogP contribution in [0.1, 0.15) is 11.1 Å². The first-order chi connectivity index (χ1) is 10.2. The molecule has 0 aliphatic heterocycles. The highest BCUT2D eigenvalue weighted by atomic mass is 19.1. The average Bonchev–Trinajstić information content (AvgIpc) is 2.51. The Bertz CT molecular complexity index is 802. The lowest BCUT2D eigenvalue weighted by atomic mass is 10.1. The summed E-state index contributed by atoms with van der Waals surface area (Å²) in [4.78, 5) is 4.24. The molecule has 1 heterocycles. The van der Waals surface area contributed by atoms with E-state index in [1.165, 1.54) is 12.1 Å². The van der Waals surface area contributed by atoms with Crippen molar-refractivity contribution in [1.82, 2.24) is 4.98 Å². The number of hydrogen-bond donors (Lipinski definition) is 1. The molecule has 3 rings (SSSR count). The highest BCUT2D eigenvalue weighted by Crippen LogP contribution is 2.31. The van der Waals surface area contributed by atoms with Gasteiger partial charge in [-0.25, -0.2) is 9.37 Å². The summed E-state index contributed by atoms with van der Waals surface area (Å²) in [5.41, 5.74) is 1.56. The monoisotopic (exact) mass is 283 g/mol. The van der Waals surface area contributed by atoms with Gasteiger partial charge in [0, 0.05) is 23.2 Å². The van der Waals surface area contributed by atoms with Crippen molar-refractivity contribution < 1.29 is 14.2 Å². The number of aromatic nitrogens is 1. The molecule has 21 heavy (non-hydrogen) atoms. The van der Waals surface area contributed by atoms with Crippen molar-refractivity contribution in [2.45, 2.75) is 13.5 Å². The van der Waals surface area contributed by atoms with Crippen LogP contribution in [0.15, 0.2) is 48.7 Å². The average molecular weight is 283 g/mol. The molecule has 4 heteroatoms. The standard InChI is InChI=1S/C17H14FNO2/c1-11-6-7-13(18)8-16(11)21-17-15-5-3-2-4-14(15)12(10-20)9-19-17/h2-9,20H,10H2,1H3. The summed E-state index contributed by atoms with van der Waals surface area (Å²) in [5, 5.41) is 11.0. The van der Waals surface area contributed by atoms with E-state index < -0.39 is 0 Å². The number of nitrogens with zero attached hydrogens (tertiary/aromatic N) is 1. The van der Waals surface area contributed by atoms with Crippen molar-refractivity contribution in [2.75, 3.05) is 0 Å². The minimum Gasteiger partial charge on any atom is -0.438 e. The van der Waals surface area contributed by atoms with E-state index in [9.17, 15) is 9.50 Å². The third-order valence-corrected chi connectivity index (χ3v) is 3.37. The van der Waals surface area contributed by atoms with Gasteiger partial charge < -0.3 is 9.84 Å². The molecule has 0 saturated heterocycles. The molecule has 0 bridgehead atoms. The molecule has 0 aliphatic rings. The number of halogens is 1. The normalized spacial score (nSPS) is 10.8. The van der Waals surface area contributed by atoms with Crippen molar-refractivity contribution >= 4 is 10.8 Å². The largest absolute Gasteiger partial charge is 0.438 e. The Hall–Kier alpha value is -2.46. The second-order valence-electron chi connectivity index (χ2n) is 4.80. The van der Waals surface area contributed by atoms with Crippen LogP contribution in [0.4, 0.5) is 4.39 Å². The summed E-state index contributed by atoms with van der Waals surface area (Å²) in [6, 6.07) is 11.9. The smallest absolute Gasteiger partial charge is 0.227 e. The third-order valence-electron chi connectivity index (χ3n) is 3.37. The van der Waals surface area contributed by atoms with Gasteiger partial charge in [0.2, 0.25) is 5.88 Å². The van der Waals surface area contributed by atoms with Gasteiger partial charge in [-0.15, -0.1) is 0 Å². The number of aliphatic hydroxyl groups is 1. The first kappa shape index (κ1) is 13.5. The maximum absolute atomic E-state index is 13.3. The molecule has 106 valence electrons. The highest BCUT2D eigenvalue weighted by Gasteiger charge is 2.10. The maximum atomic E-state index is 13.3. The van der Waals surface area contributed by atoms with Crippen molar-refractivity contribution in [3.05, 3.63) is 65.6 Å². The quantitative estimate of drug-likeness (QED) is 0.791. The van der Waals surface area contributed by atoms with Gasteiger partial charge in [-0.05, 0) is 30.0 Å². The van der Waals surface area contributed by atoms with E-state index in [1.807, 2.05) is 31.2 Å². The van der Waals surface area contributed by atoms with Crippen LogP contribution in [0.5, 0.6) is 11.6 Å². The number of rotatable bonds is 3. The van der Waals surface area contributed by atoms with Crippen LogP contribution in [-0.4, -0.2) is 10.1 Å². The van der Waals surface area contributed by atoms with E-state index in [0.717, 1.165) is 21.9 Å². The van der Waals surface area contributed by atoms with E-state index in [2.05, 4.69) is 4.98 Å². The molecule has 0 aliphatic carbocycles. The first-order valence-corrected chi connectivity index (χ1v) is 6.60. The summed E-state index contributed by atoms with van der Waals surface area (Å²) in [6.07, 6.45) is 1.58. The lowest BCUT2D eigenvalue weighted by Crippen LogP contribution is -1.95. The predicted molar refractivity (Wildman–Crippen MR) is 78.9 cm³/mol. The summed E-state index contributed by atoms with van der Waals surface area (Å²) in [7, 11) is 0. The molecule has 1 aromatic heterocycles. The minimum absolute atomic E-state index is 0.0905. The summed E-state index contributed by atoms with van der Waals surface area (Å²) >= 11 is 0. The molecule has 3 aromatic rings. The second kappa shape index (κ2) is 5.50. The Labute approximate surface area is 121 Å². The van der Waals surface area contributed by atoms with Crippen LogP contribution in [0, 0.1) is 12.7 Å². The maximum Gasteiger partial charge on any atom is 0.227 e. The zero-order valence-electron chi connectivity index (χ0n) is 11.5. The van der Waals surface area contributed by atoms with E-state index in [4.69, 9.17) is 4.74 Å². The molecule has 0 saturated carbocycles. The third kappa shape index (κ3) is 2.58. The van der Waals surface area contributed by atoms with Gasteiger partial charge in [0.1, 0.15) is 11.6 Å². The van der Waals surface area contributed by atoms with E-state index in [0.29, 0.717) is 11.6 Å². The molecular weight excluding hydrogens is 269 g/mol. The molecule has 0 spiro atoms. The number of benzene rings is 2. The number of aryl methyl sites for hydroxylation is 1. The van der Waals surface area contributed by atoms with E-state index in [1.54, 1.807) is 12.3 Å². The van der Waals surface area contributed by atoms with Gasteiger partial charge in [-0.3, -0.25) is 0 Å². The second-order valence-corrected chi connectivity index (χ2v) is 4.80. The molecule has 0 atom stereocenters. The van der Waals surface area contributed by atoms with Crippen LogP contribution < -0.4 is 4.74 Å². The Balaban J connectivity index is 2.11. The van der Waals surface area contributed by atoms with Crippen LogP contribution in [-0.2, 0) is 6.61 Å². The van der Waals surface area contributed by atoms with Gasteiger partial charge in [-0.1, -0.05) is 24.3 Å². The van der Waals surface area contributed by atoms with Gasteiger partial charge in [0.25, 0.3) is 0 Å². The molecule has 1 N–H and O–H groups in total. The first-order valence-electron chi connectivity index (χ1n) is 6.60. The molecule has 0 fully saturated rings. The fourth-order valence-corrected chi connectivity index (χ4v) is 2.22. The lowest BCUT2D eigenvalue weighted by Gasteiger charge is -2.11. The fourth-order valence-electron chi connectivity index (χ4n) is 2.22. The van der Waals surface area contributed by atoms with Crippen LogP contribution in [0.3, 0.4) is 0 Å².